The molecule has 0 saturated heterocycles. The van der Waals surface area contributed by atoms with Crippen molar-refractivity contribution in [3.63, 3.8) is 0 Å². The molecule has 0 N–H and O–H groups in total. The van der Waals surface area contributed by atoms with E-state index >= 15 is 0 Å². The third-order valence-corrected chi connectivity index (χ3v) is 4.24. The SMILES string of the molecule is c1ncc2c(n1)CCN(Cc1noc(C3CCC3)n1)C2. The van der Waals surface area contributed by atoms with Crippen molar-refractivity contribution in [1.82, 2.24) is 25.0 Å². The molecule has 3 heterocycles. The third kappa shape index (κ3) is 2.20. The molecule has 6 heteroatoms. The first-order valence-electron chi connectivity index (χ1n) is 7.21. The molecule has 1 aliphatic heterocycles. The van der Waals surface area contributed by atoms with Gasteiger partial charge in [-0.25, -0.2) is 9.97 Å². The van der Waals surface area contributed by atoms with E-state index in [2.05, 4.69) is 25.0 Å². The van der Waals surface area contributed by atoms with Crippen LogP contribution in [0, 0.1) is 0 Å². The van der Waals surface area contributed by atoms with Crippen LogP contribution in [0.15, 0.2) is 17.0 Å². The molecule has 0 radical (unpaired) electrons. The van der Waals surface area contributed by atoms with Gasteiger partial charge in [-0.3, -0.25) is 4.90 Å². The Hall–Kier alpha value is -1.82. The molecule has 1 saturated carbocycles. The molecule has 0 aromatic carbocycles. The highest BCUT2D eigenvalue weighted by atomic mass is 16.5. The van der Waals surface area contributed by atoms with Gasteiger partial charge in [-0.05, 0) is 12.8 Å². The standard InChI is InChI=1S/C14H17N5O/c1-2-10(3-1)14-17-13(18-20-14)8-19-5-4-12-11(7-19)6-15-9-16-12/h6,9-10H,1-5,7-8H2. The van der Waals surface area contributed by atoms with Crippen LogP contribution < -0.4 is 0 Å². The van der Waals surface area contributed by atoms with Crippen LogP contribution in [0.3, 0.4) is 0 Å². The van der Waals surface area contributed by atoms with Crippen LogP contribution >= 0.6 is 0 Å². The first kappa shape index (κ1) is 12.0. The lowest BCUT2D eigenvalue weighted by atomic mass is 9.85. The average Bonchev–Trinajstić information content (AvgIpc) is 2.85. The van der Waals surface area contributed by atoms with Crippen molar-refractivity contribution >= 4 is 0 Å². The number of nitrogens with zero attached hydrogens (tertiary/aromatic N) is 5. The largest absolute Gasteiger partial charge is 0.339 e. The zero-order valence-electron chi connectivity index (χ0n) is 11.3. The Kier molecular flexibility index (Phi) is 2.95. The Morgan fingerprint density at radius 3 is 3.15 bits per heavy atom. The van der Waals surface area contributed by atoms with E-state index in [-0.39, 0.29) is 0 Å². The Balaban J connectivity index is 1.43. The molecule has 0 bridgehead atoms. The molecular formula is C14H17N5O. The van der Waals surface area contributed by atoms with E-state index in [0.29, 0.717) is 5.92 Å². The summed E-state index contributed by atoms with van der Waals surface area (Å²) in [6, 6.07) is 0. The van der Waals surface area contributed by atoms with E-state index in [1.54, 1.807) is 6.33 Å². The second kappa shape index (κ2) is 4.94. The lowest BCUT2D eigenvalue weighted by Gasteiger charge is -2.26. The second-order valence-electron chi connectivity index (χ2n) is 5.63. The van der Waals surface area contributed by atoms with Crippen molar-refractivity contribution in [2.45, 2.75) is 44.7 Å². The van der Waals surface area contributed by atoms with Crippen molar-refractivity contribution in [2.24, 2.45) is 0 Å². The number of hydrogen-bond donors (Lipinski definition) is 0. The fourth-order valence-electron chi connectivity index (χ4n) is 2.81. The maximum atomic E-state index is 5.37. The van der Waals surface area contributed by atoms with Gasteiger partial charge in [0.05, 0.1) is 6.54 Å². The molecule has 0 amide bonds. The summed E-state index contributed by atoms with van der Waals surface area (Å²) in [6.45, 7) is 2.59. The van der Waals surface area contributed by atoms with Crippen molar-refractivity contribution < 1.29 is 4.52 Å². The molecule has 20 heavy (non-hydrogen) atoms. The Morgan fingerprint density at radius 1 is 1.35 bits per heavy atom. The van der Waals surface area contributed by atoms with Crippen molar-refractivity contribution in [2.75, 3.05) is 6.54 Å². The molecule has 4 rings (SSSR count). The van der Waals surface area contributed by atoms with E-state index in [0.717, 1.165) is 37.8 Å². The van der Waals surface area contributed by atoms with Crippen LogP contribution in [-0.2, 0) is 19.5 Å². The van der Waals surface area contributed by atoms with Crippen LogP contribution in [-0.4, -0.2) is 31.6 Å². The molecular weight excluding hydrogens is 254 g/mol. The third-order valence-electron chi connectivity index (χ3n) is 4.24. The minimum absolute atomic E-state index is 0.506. The molecule has 0 spiro atoms. The quantitative estimate of drug-likeness (QED) is 0.846. The van der Waals surface area contributed by atoms with Crippen molar-refractivity contribution in [3.05, 3.63) is 35.5 Å². The highest BCUT2D eigenvalue weighted by Crippen LogP contribution is 2.35. The van der Waals surface area contributed by atoms with Crippen LogP contribution in [0.5, 0.6) is 0 Å². The first-order valence-corrected chi connectivity index (χ1v) is 7.21. The highest BCUT2D eigenvalue weighted by molar-refractivity contribution is 5.18. The summed E-state index contributed by atoms with van der Waals surface area (Å²) < 4.78 is 5.37. The Labute approximate surface area is 117 Å². The van der Waals surface area contributed by atoms with Gasteiger partial charge in [0.15, 0.2) is 5.82 Å². The number of rotatable bonds is 3. The zero-order chi connectivity index (χ0) is 13.4. The zero-order valence-corrected chi connectivity index (χ0v) is 11.3. The fourth-order valence-corrected chi connectivity index (χ4v) is 2.81. The maximum absolute atomic E-state index is 5.37. The lowest BCUT2D eigenvalue weighted by molar-refractivity contribution is 0.232. The minimum Gasteiger partial charge on any atom is -0.339 e. The average molecular weight is 271 g/mol. The molecule has 104 valence electrons. The van der Waals surface area contributed by atoms with E-state index in [1.807, 2.05) is 6.20 Å². The van der Waals surface area contributed by atoms with Gasteiger partial charge in [0, 0.05) is 42.9 Å². The van der Waals surface area contributed by atoms with Gasteiger partial charge < -0.3 is 4.52 Å². The lowest BCUT2D eigenvalue weighted by Crippen LogP contribution is -2.31. The molecule has 0 atom stereocenters. The summed E-state index contributed by atoms with van der Waals surface area (Å²) in [5.74, 6) is 2.13. The van der Waals surface area contributed by atoms with E-state index in [4.69, 9.17) is 4.52 Å². The van der Waals surface area contributed by atoms with Gasteiger partial charge in [-0.1, -0.05) is 11.6 Å². The fraction of sp³-hybridized carbons (Fsp3) is 0.571. The maximum Gasteiger partial charge on any atom is 0.229 e. The van der Waals surface area contributed by atoms with E-state index in [1.165, 1.54) is 30.5 Å². The van der Waals surface area contributed by atoms with Crippen molar-refractivity contribution in [1.29, 1.82) is 0 Å². The molecule has 6 nitrogen and oxygen atoms in total. The molecule has 2 aromatic rings. The predicted molar refractivity (Wildman–Crippen MR) is 70.7 cm³/mol. The van der Waals surface area contributed by atoms with E-state index in [9.17, 15) is 0 Å². The van der Waals surface area contributed by atoms with Gasteiger partial charge in [-0.2, -0.15) is 4.98 Å². The molecule has 2 aromatic heterocycles. The molecule has 0 unspecified atom stereocenters. The summed E-state index contributed by atoms with van der Waals surface area (Å²) in [5, 5.41) is 4.11. The first-order chi connectivity index (χ1) is 9.88. The van der Waals surface area contributed by atoms with E-state index < -0.39 is 0 Å². The van der Waals surface area contributed by atoms with Crippen LogP contribution in [0.2, 0.25) is 0 Å². The molecule has 1 aliphatic carbocycles. The summed E-state index contributed by atoms with van der Waals surface area (Å²) in [7, 11) is 0. The summed E-state index contributed by atoms with van der Waals surface area (Å²) in [6.07, 6.45) is 8.16. The topological polar surface area (TPSA) is 67.9 Å². The molecule has 2 aliphatic rings. The van der Waals surface area contributed by atoms with Crippen molar-refractivity contribution in [3.8, 4) is 0 Å². The summed E-state index contributed by atoms with van der Waals surface area (Å²) >= 11 is 0. The van der Waals surface area contributed by atoms with Gasteiger partial charge in [0.2, 0.25) is 5.89 Å². The Morgan fingerprint density at radius 2 is 2.30 bits per heavy atom. The van der Waals surface area contributed by atoms with Crippen LogP contribution in [0.4, 0.5) is 0 Å². The molecule has 1 fully saturated rings. The number of aromatic nitrogens is 4. The van der Waals surface area contributed by atoms with Crippen LogP contribution in [0.25, 0.3) is 0 Å². The predicted octanol–water partition coefficient (Wildman–Crippen LogP) is 1.69. The summed E-state index contributed by atoms with van der Waals surface area (Å²) in [5.41, 5.74) is 2.38. The van der Waals surface area contributed by atoms with Gasteiger partial charge in [0.1, 0.15) is 6.33 Å². The normalized spacial score (nSPS) is 19.6. The second-order valence-corrected chi connectivity index (χ2v) is 5.63. The van der Waals surface area contributed by atoms with Gasteiger partial charge in [0.25, 0.3) is 0 Å². The summed E-state index contributed by atoms with van der Waals surface area (Å²) in [4.78, 5) is 15.3. The highest BCUT2D eigenvalue weighted by Gasteiger charge is 2.26. The number of fused-ring (bicyclic) bond motifs is 1. The van der Waals surface area contributed by atoms with Crippen LogP contribution in [0.1, 0.15) is 48.2 Å². The smallest absolute Gasteiger partial charge is 0.229 e. The van der Waals surface area contributed by atoms with Gasteiger partial charge in [-0.15, -0.1) is 0 Å². The Bertz CT molecular complexity index is 607. The minimum atomic E-state index is 0.506. The number of hydrogen-bond acceptors (Lipinski definition) is 6. The van der Waals surface area contributed by atoms with Gasteiger partial charge >= 0.3 is 0 Å². The monoisotopic (exact) mass is 271 g/mol.